The molecule has 0 aromatic rings. The van der Waals surface area contributed by atoms with Crippen LogP contribution in [0.5, 0.6) is 0 Å². The normalized spacial score (nSPS) is 24.5. The number of ether oxygens (including phenoxy) is 1. The van der Waals surface area contributed by atoms with Gasteiger partial charge in [-0.25, -0.2) is 0 Å². The minimum absolute atomic E-state index is 0.261. The van der Waals surface area contributed by atoms with Crippen LogP contribution in [0.3, 0.4) is 0 Å². The van der Waals surface area contributed by atoms with Crippen LogP contribution in [0, 0.1) is 0 Å². The lowest BCUT2D eigenvalue weighted by Crippen LogP contribution is -2.46. The van der Waals surface area contributed by atoms with Crippen LogP contribution in [0.4, 0.5) is 0 Å². The number of hydrogen-bond acceptors (Lipinski definition) is 4. The van der Waals surface area contributed by atoms with Gasteiger partial charge < -0.3 is 10.1 Å². The van der Waals surface area contributed by atoms with Crippen molar-refractivity contribution in [3.05, 3.63) is 23.3 Å². The van der Waals surface area contributed by atoms with Crippen molar-refractivity contribution in [1.82, 2.24) is 10.2 Å². The number of Topliss-reactive ketones (excluding diaryl/α,β-unsaturated/α-hetero) is 1. The minimum Gasteiger partial charge on any atom is -0.374 e. The Hall–Kier alpha value is -0.970. The maximum absolute atomic E-state index is 11.4. The van der Waals surface area contributed by atoms with Crippen molar-refractivity contribution in [2.45, 2.75) is 32.3 Å². The predicted molar refractivity (Wildman–Crippen MR) is 80.8 cm³/mol. The van der Waals surface area contributed by atoms with E-state index in [4.69, 9.17) is 4.74 Å². The summed E-state index contributed by atoms with van der Waals surface area (Å²) in [4.78, 5) is 13.9. The zero-order valence-corrected chi connectivity index (χ0v) is 12.7. The third kappa shape index (κ3) is 4.54. The van der Waals surface area contributed by atoms with Crippen molar-refractivity contribution in [3.8, 4) is 0 Å². The second-order valence-electron chi connectivity index (χ2n) is 5.69. The molecule has 112 valence electrons. The number of nitrogens with zero attached hydrogens (tertiary/aromatic N) is 1. The molecular formula is C16H26N2O2. The lowest BCUT2D eigenvalue weighted by Gasteiger charge is -2.32. The zero-order valence-electron chi connectivity index (χ0n) is 12.7. The van der Waals surface area contributed by atoms with Crippen LogP contribution in [0.15, 0.2) is 23.3 Å². The molecule has 1 aliphatic carbocycles. The van der Waals surface area contributed by atoms with Gasteiger partial charge >= 0.3 is 0 Å². The van der Waals surface area contributed by atoms with Crippen LogP contribution in [0.2, 0.25) is 0 Å². The van der Waals surface area contributed by atoms with Crippen LogP contribution in [-0.2, 0) is 9.53 Å². The van der Waals surface area contributed by atoms with Crippen LogP contribution >= 0.6 is 0 Å². The third-order valence-corrected chi connectivity index (χ3v) is 3.99. The van der Waals surface area contributed by atoms with E-state index in [1.54, 1.807) is 0 Å². The SMILES string of the molecule is CNC[C@H]1CN(CCCC2=CCC(=O)C(C)=C2)CCO1. The second-order valence-corrected chi connectivity index (χ2v) is 5.69. The summed E-state index contributed by atoms with van der Waals surface area (Å²) in [6.07, 6.45) is 7.25. The number of ketones is 1. The second kappa shape index (κ2) is 7.72. The zero-order chi connectivity index (χ0) is 14.4. The standard InChI is InChI=1S/C16H26N2O2/c1-13-10-14(5-6-16(13)19)4-3-7-18-8-9-20-15(12-18)11-17-2/h5,10,15,17H,3-4,6-9,11-12H2,1-2H3/t15-/m0/s1. The molecule has 0 saturated carbocycles. The Labute approximate surface area is 121 Å². The fraction of sp³-hybridized carbons (Fsp3) is 0.688. The topological polar surface area (TPSA) is 41.6 Å². The molecule has 0 aromatic heterocycles. The minimum atomic E-state index is 0.261. The van der Waals surface area contributed by atoms with Crippen LogP contribution in [-0.4, -0.2) is 56.6 Å². The van der Waals surface area contributed by atoms with E-state index in [0.29, 0.717) is 12.5 Å². The number of morpholine rings is 1. The fourth-order valence-corrected chi connectivity index (χ4v) is 2.82. The molecule has 4 heteroatoms. The summed E-state index contributed by atoms with van der Waals surface area (Å²) in [5.74, 6) is 0.261. The van der Waals surface area contributed by atoms with Gasteiger partial charge in [-0.3, -0.25) is 9.69 Å². The first kappa shape index (κ1) is 15.4. The molecular weight excluding hydrogens is 252 g/mol. The number of carbonyl (C=O) groups excluding carboxylic acids is 1. The van der Waals surface area contributed by atoms with Crippen molar-refractivity contribution in [3.63, 3.8) is 0 Å². The van der Waals surface area contributed by atoms with Gasteiger partial charge in [0.25, 0.3) is 0 Å². The van der Waals surface area contributed by atoms with Gasteiger partial charge in [0.2, 0.25) is 0 Å². The van der Waals surface area contributed by atoms with Gasteiger partial charge in [0.05, 0.1) is 12.7 Å². The summed E-state index contributed by atoms with van der Waals surface area (Å²) in [7, 11) is 1.97. The van der Waals surface area contributed by atoms with Gasteiger partial charge in [0, 0.05) is 26.1 Å². The van der Waals surface area contributed by atoms with Gasteiger partial charge in [0.1, 0.15) is 0 Å². The Morgan fingerprint density at radius 3 is 3.10 bits per heavy atom. The average Bonchev–Trinajstić information content (AvgIpc) is 2.44. The molecule has 20 heavy (non-hydrogen) atoms. The lowest BCUT2D eigenvalue weighted by molar-refractivity contribution is -0.114. The highest BCUT2D eigenvalue weighted by molar-refractivity contribution is 5.97. The van der Waals surface area contributed by atoms with Crippen molar-refractivity contribution >= 4 is 5.78 Å². The van der Waals surface area contributed by atoms with Crippen molar-refractivity contribution in [2.24, 2.45) is 0 Å². The molecule has 0 amide bonds. The summed E-state index contributed by atoms with van der Waals surface area (Å²) in [5.41, 5.74) is 2.23. The van der Waals surface area contributed by atoms with E-state index < -0.39 is 0 Å². The monoisotopic (exact) mass is 278 g/mol. The maximum Gasteiger partial charge on any atom is 0.162 e. The summed E-state index contributed by atoms with van der Waals surface area (Å²) in [5, 5.41) is 3.17. The molecule has 1 aliphatic heterocycles. The Bertz CT molecular complexity index is 399. The summed E-state index contributed by atoms with van der Waals surface area (Å²) in [6.45, 7) is 6.84. The van der Waals surface area contributed by atoms with Crippen LogP contribution in [0.1, 0.15) is 26.2 Å². The highest BCUT2D eigenvalue weighted by atomic mass is 16.5. The number of hydrogen-bond donors (Lipinski definition) is 1. The molecule has 2 rings (SSSR count). The highest BCUT2D eigenvalue weighted by Crippen LogP contribution is 2.18. The predicted octanol–water partition coefficient (Wildman–Crippen LogP) is 1.53. The maximum atomic E-state index is 11.4. The van der Waals surface area contributed by atoms with Gasteiger partial charge in [-0.2, -0.15) is 0 Å². The fourth-order valence-electron chi connectivity index (χ4n) is 2.82. The molecule has 1 atom stereocenters. The lowest BCUT2D eigenvalue weighted by atomic mass is 9.96. The number of allylic oxidation sites excluding steroid dienone is 4. The Morgan fingerprint density at radius 2 is 2.35 bits per heavy atom. The van der Waals surface area contributed by atoms with Crippen molar-refractivity contribution in [1.29, 1.82) is 0 Å². The van der Waals surface area contributed by atoms with Crippen LogP contribution < -0.4 is 5.32 Å². The van der Waals surface area contributed by atoms with Gasteiger partial charge in [-0.1, -0.05) is 17.7 Å². The third-order valence-electron chi connectivity index (χ3n) is 3.99. The van der Waals surface area contributed by atoms with Gasteiger partial charge in [-0.15, -0.1) is 0 Å². The number of nitrogens with one attached hydrogen (secondary N) is 1. The molecule has 0 bridgehead atoms. The summed E-state index contributed by atoms with van der Waals surface area (Å²) in [6, 6.07) is 0. The number of carbonyl (C=O) groups is 1. The van der Waals surface area contributed by atoms with E-state index in [9.17, 15) is 4.79 Å². The molecule has 1 fully saturated rings. The first-order valence-corrected chi connectivity index (χ1v) is 7.58. The first-order chi connectivity index (χ1) is 9.69. The van der Waals surface area contributed by atoms with E-state index in [0.717, 1.165) is 51.2 Å². The Morgan fingerprint density at radius 1 is 1.50 bits per heavy atom. The highest BCUT2D eigenvalue weighted by Gasteiger charge is 2.19. The molecule has 1 heterocycles. The average molecular weight is 278 g/mol. The largest absolute Gasteiger partial charge is 0.374 e. The number of rotatable bonds is 6. The molecule has 2 aliphatic rings. The van der Waals surface area contributed by atoms with E-state index in [-0.39, 0.29) is 5.78 Å². The molecule has 0 spiro atoms. The van der Waals surface area contributed by atoms with Gasteiger partial charge in [0.15, 0.2) is 5.78 Å². The molecule has 1 saturated heterocycles. The van der Waals surface area contributed by atoms with Crippen molar-refractivity contribution < 1.29 is 9.53 Å². The molecule has 4 nitrogen and oxygen atoms in total. The first-order valence-electron chi connectivity index (χ1n) is 7.58. The van der Waals surface area contributed by atoms with Gasteiger partial charge in [-0.05, 0) is 38.9 Å². The quantitative estimate of drug-likeness (QED) is 0.800. The Balaban J connectivity index is 1.69. The van der Waals surface area contributed by atoms with E-state index in [2.05, 4.69) is 22.4 Å². The number of likely N-dealkylation sites (N-methyl/N-ethyl adjacent to an activating group) is 1. The Kier molecular flexibility index (Phi) is 5.95. The molecule has 0 aromatic carbocycles. The molecule has 0 unspecified atom stereocenters. The van der Waals surface area contributed by atoms with E-state index >= 15 is 0 Å². The summed E-state index contributed by atoms with van der Waals surface area (Å²) < 4.78 is 5.71. The molecule has 0 radical (unpaired) electrons. The van der Waals surface area contributed by atoms with Crippen LogP contribution in [0.25, 0.3) is 0 Å². The van der Waals surface area contributed by atoms with Crippen molar-refractivity contribution in [2.75, 3.05) is 39.8 Å². The van der Waals surface area contributed by atoms with E-state index in [1.807, 2.05) is 14.0 Å². The summed E-state index contributed by atoms with van der Waals surface area (Å²) >= 11 is 0. The smallest absolute Gasteiger partial charge is 0.162 e. The van der Waals surface area contributed by atoms with E-state index in [1.165, 1.54) is 5.57 Å². The molecule has 1 N–H and O–H groups in total.